The third-order valence-corrected chi connectivity index (χ3v) is 4.95. The number of likely N-dealkylation sites (tertiary alicyclic amines) is 1. The van der Waals surface area contributed by atoms with Crippen LogP contribution in [0.5, 0.6) is 0 Å². The predicted octanol–water partition coefficient (Wildman–Crippen LogP) is 3.16. The number of carboxylic acid groups (broad SMARTS) is 1. The average Bonchev–Trinajstić information content (AvgIpc) is 2.83. The molecule has 0 radical (unpaired) electrons. The average molecular weight is 295 g/mol. The molecule has 2 fully saturated rings. The van der Waals surface area contributed by atoms with Crippen LogP contribution in [0.3, 0.4) is 0 Å². The van der Waals surface area contributed by atoms with Gasteiger partial charge in [0.25, 0.3) is 0 Å². The molecule has 4 atom stereocenters. The van der Waals surface area contributed by atoms with Crippen molar-refractivity contribution in [2.75, 3.05) is 6.54 Å². The number of hydrogen-bond donors (Lipinski definition) is 1. The Balaban J connectivity index is 2.00. The topological polar surface area (TPSA) is 57.6 Å². The quantitative estimate of drug-likeness (QED) is 0.866. The van der Waals surface area contributed by atoms with Crippen LogP contribution in [0, 0.1) is 23.2 Å². The van der Waals surface area contributed by atoms with E-state index in [0.29, 0.717) is 24.8 Å². The Labute approximate surface area is 127 Å². The van der Waals surface area contributed by atoms with Gasteiger partial charge in [0.15, 0.2) is 0 Å². The molecule has 1 amide bonds. The number of carbonyl (C=O) groups excluding carboxylic acids is 1. The van der Waals surface area contributed by atoms with Gasteiger partial charge in [0.05, 0.1) is 0 Å². The van der Waals surface area contributed by atoms with E-state index in [1.165, 1.54) is 0 Å². The largest absolute Gasteiger partial charge is 0.480 e. The van der Waals surface area contributed by atoms with E-state index in [9.17, 15) is 14.7 Å². The van der Waals surface area contributed by atoms with Crippen LogP contribution in [0.15, 0.2) is 0 Å². The lowest BCUT2D eigenvalue weighted by molar-refractivity contribution is -0.150. The summed E-state index contributed by atoms with van der Waals surface area (Å²) in [6, 6.07) is -0.577. The van der Waals surface area contributed by atoms with E-state index in [1.54, 1.807) is 4.90 Å². The highest BCUT2D eigenvalue weighted by Crippen LogP contribution is 2.42. The van der Waals surface area contributed by atoms with E-state index >= 15 is 0 Å². The molecule has 0 aromatic rings. The summed E-state index contributed by atoms with van der Waals surface area (Å²) in [5.74, 6) is 0.111. The van der Waals surface area contributed by atoms with Crippen molar-refractivity contribution in [2.24, 2.45) is 23.2 Å². The van der Waals surface area contributed by atoms with Crippen molar-refractivity contribution in [1.29, 1.82) is 0 Å². The Hall–Kier alpha value is -1.06. The second kappa shape index (κ2) is 5.98. The highest BCUT2D eigenvalue weighted by atomic mass is 16.4. The molecule has 4 unspecified atom stereocenters. The minimum absolute atomic E-state index is 0.0357. The fourth-order valence-corrected chi connectivity index (χ4v) is 4.41. The van der Waals surface area contributed by atoms with Gasteiger partial charge in [-0.2, -0.15) is 0 Å². The lowest BCUT2D eigenvalue weighted by Gasteiger charge is -2.28. The summed E-state index contributed by atoms with van der Waals surface area (Å²) in [4.78, 5) is 25.8. The summed E-state index contributed by atoms with van der Waals surface area (Å²) in [5.41, 5.74) is 0.202. The van der Waals surface area contributed by atoms with Crippen molar-refractivity contribution >= 4 is 11.9 Å². The minimum atomic E-state index is -0.818. The number of amides is 1. The van der Waals surface area contributed by atoms with Gasteiger partial charge < -0.3 is 10.0 Å². The summed E-state index contributed by atoms with van der Waals surface area (Å²) in [6.45, 7) is 9.27. The fraction of sp³-hybridized carbons (Fsp3) is 0.882. The maximum atomic E-state index is 12.6. The molecule has 0 aromatic carbocycles. The molecule has 1 saturated heterocycles. The van der Waals surface area contributed by atoms with Crippen LogP contribution in [0.25, 0.3) is 0 Å². The molecule has 1 aliphatic carbocycles. The van der Waals surface area contributed by atoms with Crippen molar-refractivity contribution < 1.29 is 14.7 Å². The van der Waals surface area contributed by atoms with E-state index in [4.69, 9.17) is 0 Å². The number of carbonyl (C=O) groups is 2. The third kappa shape index (κ3) is 3.78. The lowest BCUT2D eigenvalue weighted by Crippen LogP contribution is -2.43. The minimum Gasteiger partial charge on any atom is -0.480 e. The Kier molecular flexibility index (Phi) is 4.64. The van der Waals surface area contributed by atoms with E-state index in [1.807, 2.05) is 0 Å². The molecule has 0 spiro atoms. The molecule has 1 N–H and O–H groups in total. The fourth-order valence-electron chi connectivity index (χ4n) is 4.41. The maximum absolute atomic E-state index is 12.6. The molecule has 1 aliphatic heterocycles. The summed E-state index contributed by atoms with van der Waals surface area (Å²) < 4.78 is 0. The molecular weight excluding hydrogens is 266 g/mol. The molecule has 0 bridgehead atoms. The van der Waals surface area contributed by atoms with Crippen molar-refractivity contribution in [3.63, 3.8) is 0 Å². The first-order chi connectivity index (χ1) is 9.69. The highest BCUT2D eigenvalue weighted by molar-refractivity contribution is 5.84. The van der Waals surface area contributed by atoms with Gasteiger partial charge in [-0.05, 0) is 42.4 Å². The Bertz CT molecular complexity index is 413. The Morgan fingerprint density at radius 3 is 2.52 bits per heavy atom. The molecule has 4 nitrogen and oxygen atoms in total. The SMILES string of the molecule is CC(CC(=O)N1CC2CCCC2C1C(=O)O)CC(C)(C)C. The molecule has 2 rings (SSSR count). The molecule has 4 heteroatoms. The summed E-state index contributed by atoms with van der Waals surface area (Å²) >= 11 is 0. The first kappa shape index (κ1) is 16.3. The number of aliphatic carboxylic acids is 1. The number of fused-ring (bicyclic) bond motifs is 1. The van der Waals surface area contributed by atoms with Crippen LogP contribution in [0.4, 0.5) is 0 Å². The van der Waals surface area contributed by atoms with Crippen molar-refractivity contribution in [1.82, 2.24) is 4.90 Å². The monoisotopic (exact) mass is 295 g/mol. The van der Waals surface area contributed by atoms with Gasteiger partial charge in [-0.25, -0.2) is 4.79 Å². The zero-order valence-corrected chi connectivity index (χ0v) is 13.8. The molecular formula is C17H29NO3. The van der Waals surface area contributed by atoms with Gasteiger partial charge in [0.2, 0.25) is 5.91 Å². The number of nitrogens with zero attached hydrogens (tertiary/aromatic N) is 1. The molecule has 2 aliphatic rings. The molecule has 1 saturated carbocycles. The van der Waals surface area contributed by atoms with Crippen LogP contribution in [0.2, 0.25) is 0 Å². The maximum Gasteiger partial charge on any atom is 0.326 e. The lowest BCUT2D eigenvalue weighted by atomic mass is 9.84. The van der Waals surface area contributed by atoms with Crippen LogP contribution < -0.4 is 0 Å². The molecule has 1 heterocycles. The first-order valence-corrected chi connectivity index (χ1v) is 8.21. The van der Waals surface area contributed by atoms with Crippen LogP contribution in [-0.2, 0) is 9.59 Å². The zero-order chi connectivity index (χ0) is 15.8. The van der Waals surface area contributed by atoms with Gasteiger partial charge >= 0.3 is 5.97 Å². The smallest absolute Gasteiger partial charge is 0.326 e. The van der Waals surface area contributed by atoms with Gasteiger partial charge in [0.1, 0.15) is 6.04 Å². The summed E-state index contributed by atoms with van der Waals surface area (Å²) in [5, 5.41) is 9.51. The van der Waals surface area contributed by atoms with E-state index in [-0.39, 0.29) is 17.2 Å². The van der Waals surface area contributed by atoms with Gasteiger partial charge in [-0.3, -0.25) is 4.79 Å². The Morgan fingerprint density at radius 2 is 1.95 bits per heavy atom. The normalized spacial score (nSPS) is 30.3. The first-order valence-electron chi connectivity index (χ1n) is 8.21. The number of hydrogen-bond acceptors (Lipinski definition) is 2. The van der Waals surface area contributed by atoms with Crippen LogP contribution >= 0.6 is 0 Å². The van der Waals surface area contributed by atoms with Crippen LogP contribution in [0.1, 0.15) is 59.8 Å². The van der Waals surface area contributed by atoms with Crippen molar-refractivity contribution in [2.45, 2.75) is 65.8 Å². The van der Waals surface area contributed by atoms with E-state index < -0.39 is 12.0 Å². The van der Waals surface area contributed by atoms with Gasteiger partial charge in [-0.1, -0.05) is 34.1 Å². The highest BCUT2D eigenvalue weighted by Gasteiger charge is 2.49. The second-order valence-corrected chi connectivity index (χ2v) is 8.26. The van der Waals surface area contributed by atoms with E-state index in [0.717, 1.165) is 25.7 Å². The number of carboxylic acids is 1. The summed E-state index contributed by atoms with van der Waals surface area (Å²) in [7, 11) is 0. The number of rotatable bonds is 4. The van der Waals surface area contributed by atoms with E-state index in [2.05, 4.69) is 27.7 Å². The van der Waals surface area contributed by atoms with Crippen molar-refractivity contribution in [3.8, 4) is 0 Å². The van der Waals surface area contributed by atoms with Gasteiger partial charge in [0, 0.05) is 13.0 Å². The Morgan fingerprint density at radius 1 is 1.29 bits per heavy atom. The molecule has 0 aromatic heterocycles. The third-order valence-electron chi connectivity index (χ3n) is 4.95. The molecule has 120 valence electrons. The van der Waals surface area contributed by atoms with Crippen molar-refractivity contribution in [3.05, 3.63) is 0 Å². The second-order valence-electron chi connectivity index (χ2n) is 8.26. The standard InChI is InChI=1S/C17H29NO3/c1-11(9-17(2,3)4)8-14(19)18-10-12-6-5-7-13(12)15(18)16(20)21/h11-13,15H,5-10H2,1-4H3,(H,20,21). The summed E-state index contributed by atoms with van der Waals surface area (Å²) in [6.07, 6.45) is 4.61. The molecule has 21 heavy (non-hydrogen) atoms. The van der Waals surface area contributed by atoms with Gasteiger partial charge in [-0.15, -0.1) is 0 Å². The predicted molar refractivity (Wildman–Crippen MR) is 81.8 cm³/mol. The zero-order valence-electron chi connectivity index (χ0n) is 13.8. The van der Waals surface area contributed by atoms with Crippen LogP contribution in [-0.4, -0.2) is 34.5 Å².